The van der Waals surface area contributed by atoms with Gasteiger partial charge in [-0.15, -0.1) is 0 Å². The molecule has 7 heteroatoms. The molecule has 6 nitrogen and oxygen atoms in total. The first-order valence-corrected chi connectivity index (χ1v) is 11.0. The Bertz CT molecular complexity index is 1140. The number of aromatic nitrogens is 2. The third-order valence-electron chi connectivity index (χ3n) is 5.42. The van der Waals surface area contributed by atoms with Crippen LogP contribution in [0.15, 0.2) is 58.5 Å². The summed E-state index contributed by atoms with van der Waals surface area (Å²) >= 11 is 1.33. The first kappa shape index (κ1) is 20.6. The number of nitrogens with zero attached hydrogens (tertiary/aromatic N) is 3. The van der Waals surface area contributed by atoms with Gasteiger partial charge in [0.15, 0.2) is 5.16 Å². The van der Waals surface area contributed by atoms with Crippen LogP contribution in [-0.2, 0) is 22.5 Å². The summed E-state index contributed by atoms with van der Waals surface area (Å²) in [6.45, 7) is 4.73. The number of carbonyl (C=O) groups excluding carboxylic acids is 1. The van der Waals surface area contributed by atoms with Crippen molar-refractivity contribution in [1.82, 2.24) is 9.55 Å². The molecule has 0 saturated heterocycles. The molecule has 1 aliphatic rings. The van der Waals surface area contributed by atoms with E-state index in [9.17, 15) is 9.59 Å². The van der Waals surface area contributed by atoms with Crippen LogP contribution in [0, 0.1) is 0 Å². The molecule has 0 aliphatic carbocycles. The van der Waals surface area contributed by atoms with Crippen molar-refractivity contribution in [3.63, 3.8) is 0 Å². The zero-order chi connectivity index (χ0) is 21.3. The summed E-state index contributed by atoms with van der Waals surface area (Å²) in [6, 6.07) is 15.4. The van der Waals surface area contributed by atoms with Gasteiger partial charge in [0.2, 0.25) is 5.91 Å². The van der Waals surface area contributed by atoms with Gasteiger partial charge in [0.05, 0.1) is 29.3 Å². The van der Waals surface area contributed by atoms with Gasteiger partial charge in [-0.2, -0.15) is 0 Å². The summed E-state index contributed by atoms with van der Waals surface area (Å²) in [7, 11) is 1.60. The second-order valence-corrected chi connectivity index (χ2v) is 8.82. The molecule has 4 rings (SSSR count). The van der Waals surface area contributed by atoms with Gasteiger partial charge in [-0.25, -0.2) is 4.98 Å². The average molecular weight is 424 g/mol. The summed E-state index contributed by atoms with van der Waals surface area (Å²) < 4.78 is 6.80. The van der Waals surface area contributed by atoms with E-state index in [0.29, 0.717) is 29.2 Å². The Labute approximate surface area is 179 Å². The summed E-state index contributed by atoms with van der Waals surface area (Å²) in [6.07, 6.45) is 0.853. The minimum atomic E-state index is -0.388. The van der Waals surface area contributed by atoms with Gasteiger partial charge in [0, 0.05) is 18.8 Å². The van der Waals surface area contributed by atoms with E-state index in [0.717, 1.165) is 12.1 Å². The van der Waals surface area contributed by atoms with Crippen molar-refractivity contribution in [2.75, 3.05) is 18.6 Å². The van der Waals surface area contributed by atoms with Crippen molar-refractivity contribution in [2.45, 2.75) is 43.3 Å². The highest BCUT2D eigenvalue weighted by Crippen LogP contribution is 2.34. The monoisotopic (exact) mass is 423 g/mol. The number of methoxy groups -OCH3 is 1. The normalized spacial score (nSPS) is 16.6. The Balaban J connectivity index is 1.66. The number of hydrogen-bond donors (Lipinski definition) is 0. The maximum Gasteiger partial charge on any atom is 0.262 e. The van der Waals surface area contributed by atoms with Crippen molar-refractivity contribution in [1.29, 1.82) is 0 Å². The zero-order valence-electron chi connectivity index (χ0n) is 17.4. The van der Waals surface area contributed by atoms with Crippen LogP contribution in [0.5, 0.6) is 0 Å². The number of thioether (sulfide) groups is 1. The molecule has 0 spiro atoms. The van der Waals surface area contributed by atoms with E-state index < -0.39 is 0 Å². The fraction of sp³-hybridized carbons (Fsp3) is 0.348. The molecule has 0 fully saturated rings. The number of carbonyl (C=O) groups is 1. The highest BCUT2D eigenvalue weighted by atomic mass is 32.2. The first-order valence-electron chi connectivity index (χ1n) is 10.1. The maximum atomic E-state index is 13.4. The van der Waals surface area contributed by atoms with Crippen LogP contribution in [0.2, 0.25) is 0 Å². The number of amides is 1. The third-order valence-corrected chi connectivity index (χ3v) is 6.50. The number of para-hydroxylation sites is 2. The second-order valence-electron chi connectivity index (χ2n) is 7.51. The fourth-order valence-corrected chi connectivity index (χ4v) is 4.91. The quantitative estimate of drug-likeness (QED) is 0.449. The van der Waals surface area contributed by atoms with Gasteiger partial charge in [0.25, 0.3) is 5.56 Å². The molecule has 1 amide bonds. The molecule has 1 aliphatic heterocycles. The van der Waals surface area contributed by atoms with Gasteiger partial charge in [-0.1, -0.05) is 42.1 Å². The topological polar surface area (TPSA) is 64.4 Å². The largest absolute Gasteiger partial charge is 0.383 e. The fourth-order valence-electron chi connectivity index (χ4n) is 3.92. The lowest BCUT2D eigenvalue weighted by molar-refractivity contribution is -0.118. The summed E-state index contributed by atoms with van der Waals surface area (Å²) in [5.74, 6) is 0.0261. The Hall–Kier alpha value is -2.64. The number of hydrogen-bond acceptors (Lipinski definition) is 5. The molecule has 30 heavy (non-hydrogen) atoms. The Morgan fingerprint density at radius 2 is 1.97 bits per heavy atom. The van der Waals surface area contributed by atoms with E-state index in [2.05, 4.69) is 13.0 Å². The molecule has 0 radical (unpaired) electrons. The Morgan fingerprint density at radius 1 is 1.23 bits per heavy atom. The molecule has 0 bridgehead atoms. The lowest BCUT2D eigenvalue weighted by Crippen LogP contribution is -2.40. The van der Waals surface area contributed by atoms with Crippen molar-refractivity contribution < 1.29 is 9.53 Å². The summed E-state index contributed by atoms with van der Waals surface area (Å²) in [5.41, 5.74) is 2.69. The van der Waals surface area contributed by atoms with E-state index >= 15 is 0 Å². The SMILES string of the molecule is COCCn1c(S[C@H](C)C(=O)N2c3ccccc3C[C@H]2C)nc2ccccc2c1=O. The lowest BCUT2D eigenvalue weighted by Gasteiger charge is -2.26. The van der Waals surface area contributed by atoms with Gasteiger partial charge in [0.1, 0.15) is 0 Å². The third kappa shape index (κ3) is 3.75. The number of fused-ring (bicyclic) bond motifs is 2. The highest BCUT2D eigenvalue weighted by Gasteiger charge is 2.34. The van der Waals surface area contributed by atoms with E-state index in [1.165, 1.54) is 17.3 Å². The van der Waals surface area contributed by atoms with E-state index in [4.69, 9.17) is 9.72 Å². The van der Waals surface area contributed by atoms with Gasteiger partial charge >= 0.3 is 0 Å². The van der Waals surface area contributed by atoms with Crippen LogP contribution in [0.25, 0.3) is 10.9 Å². The molecule has 156 valence electrons. The summed E-state index contributed by atoms with van der Waals surface area (Å²) in [4.78, 5) is 33.0. The van der Waals surface area contributed by atoms with Crippen molar-refractivity contribution in [3.05, 3.63) is 64.4 Å². The molecule has 3 aromatic rings. The Morgan fingerprint density at radius 3 is 2.77 bits per heavy atom. The van der Waals surface area contributed by atoms with E-state index in [1.54, 1.807) is 17.7 Å². The average Bonchev–Trinajstić information content (AvgIpc) is 3.08. The molecule has 1 aromatic heterocycles. The van der Waals surface area contributed by atoms with Crippen molar-refractivity contribution in [3.8, 4) is 0 Å². The maximum absolute atomic E-state index is 13.4. The van der Waals surface area contributed by atoms with Crippen molar-refractivity contribution in [2.24, 2.45) is 0 Å². The molecule has 0 saturated carbocycles. The van der Waals surface area contributed by atoms with Gasteiger partial charge < -0.3 is 9.64 Å². The minimum absolute atomic E-state index is 0.0261. The molecule has 2 aromatic carbocycles. The van der Waals surface area contributed by atoms with Crippen LogP contribution in [-0.4, -0.2) is 40.5 Å². The van der Waals surface area contributed by atoms with Gasteiger partial charge in [-0.05, 0) is 44.0 Å². The van der Waals surface area contributed by atoms with E-state index in [1.807, 2.05) is 48.2 Å². The molecular weight excluding hydrogens is 398 g/mol. The standard InChI is InChI=1S/C23H25N3O3S/c1-15-14-17-8-4-7-11-20(17)26(15)21(27)16(2)30-23-24-19-10-6-5-9-18(19)22(28)25(23)12-13-29-3/h4-11,15-16H,12-14H2,1-3H3/t15-,16-/m1/s1. The predicted octanol–water partition coefficient (Wildman–Crippen LogP) is 3.50. The molecule has 2 atom stereocenters. The number of ether oxygens (including phenoxy) is 1. The number of anilines is 1. The molecular formula is C23H25N3O3S. The zero-order valence-corrected chi connectivity index (χ0v) is 18.2. The molecule has 0 N–H and O–H groups in total. The summed E-state index contributed by atoms with van der Waals surface area (Å²) in [5, 5.41) is 0.719. The number of rotatable bonds is 6. The molecule has 2 heterocycles. The van der Waals surface area contributed by atoms with Crippen LogP contribution in [0.1, 0.15) is 19.4 Å². The Kier molecular flexibility index (Phi) is 5.92. The smallest absolute Gasteiger partial charge is 0.262 e. The number of benzene rings is 2. The van der Waals surface area contributed by atoms with Gasteiger partial charge in [-0.3, -0.25) is 14.2 Å². The highest BCUT2D eigenvalue weighted by molar-refractivity contribution is 8.00. The van der Waals surface area contributed by atoms with Crippen LogP contribution in [0.3, 0.4) is 0 Å². The second kappa shape index (κ2) is 8.62. The minimum Gasteiger partial charge on any atom is -0.383 e. The van der Waals surface area contributed by atoms with Crippen molar-refractivity contribution >= 4 is 34.3 Å². The van der Waals surface area contributed by atoms with E-state index in [-0.39, 0.29) is 22.8 Å². The lowest BCUT2D eigenvalue weighted by atomic mass is 10.1. The predicted molar refractivity (Wildman–Crippen MR) is 120 cm³/mol. The van der Waals surface area contributed by atoms with Crippen LogP contribution in [0.4, 0.5) is 5.69 Å². The van der Waals surface area contributed by atoms with Crippen LogP contribution < -0.4 is 10.5 Å². The van der Waals surface area contributed by atoms with Crippen LogP contribution >= 0.6 is 11.8 Å². The first-order chi connectivity index (χ1) is 14.5. The molecule has 0 unspecified atom stereocenters.